The third-order valence-electron chi connectivity index (χ3n) is 4.92. The molecule has 6 nitrogen and oxygen atoms in total. The van der Waals surface area contributed by atoms with Crippen LogP contribution in [-0.4, -0.2) is 51.5 Å². The average Bonchev–Trinajstić information content (AvgIpc) is 3.24. The number of carbonyl (C=O) groups excluding carboxylic acids is 1. The van der Waals surface area contributed by atoms with E-state index >= 15 is 0 Å². The van der Waals surface area contributed by atoms with Gasteiger partial charge in [0.2, 0.25) is 0 Å². The second-order valence-electron chi connectivity index (χ2n) is 6.49. The molecule has 1 fully saturated rings. The molecule has 1 amide bonds. The van der Waals surface area contributed by atoms with E-state index in [9.17, 15) is 4.79 Å². The van der Waals surface area contributed by atoms with E-state index in [1.165, 1.54) is 15.8 Å². The summed E-state index contributed by atoms with van der Waals surface area (Å²) < 4.78 is 3.00. The molecular formula is C18H21N5OS. The van der Waals surface area contributed by atoms with E-state index in [2.05, 4.69) is 35.9 Å². The summed E-state index contributed by atoms with van der Waals surface area (Å²) in [5.41, 5.74) is 3.63. The van der Waals surface area contributed by atoms with Crippen LogP contribution in [0, 0.1) is 13.8 Å². The van der Waals surface area contributed by atoms with Crippen LogP contribution in [0.3, 0.4) is 0 Å². The average molecular weight is 355 g/mol. The van der Waals surface area contributed by atoms with E-state index in [0.29, 0.717) is 18.9 Å². The molecule has 3 aromatic rings. The maximum atomic E-state index is 12.6. The fourth-order valence-corrected chi connectivity index (χ4v) is 4.24. The van der Waals surface area contributed by atoms with Gasteiger partial charge in [-0.3, -0.25) is 4.79 Å². The molecular weight excluding hydrogens is 334 g/mol. The Balaban J connectivity index is 1.50. The van der Waals surface area contributed by atoms with Crippen molar-refractivity contribution in [3.8, 4) is 0 Å². The van der Waals surface area contributed by atoms with E-state index in [0.717, 1.165) is 23.7 Å². The summed E-state index contributed by atoms with van der Waals surface area (Å²) in [7, 11) is 1.85. The van der Waals surface area contributed by atoms with Gasteiger partial charge in [-0.1, -0.05) is 17.4 Å². The number of thiazole rings is 1. The van der Waals surface area contributed by atoms with Crippen LogP contribution in [0.2, 0.25) is 0 Å². The van der Waals surface area contributed by atoms with Crippen molar-refractivity contribution in [2.24, 2.45) is 7.05 Å². The van der Waals surface area contributed by atoms with E-state index in [-0.39, 0.29) is 5.91 Å². The highest BCUT2D eigenvalue weighted by molar-refractivity contribution is 7.22. The Kier molecular flexibility index (Phi) is 3.95. The molecule has 0 saturated carbocycles. The lowest BCUT2D eigenvalue weighted by molar-refractivity contribution is 0.0731. The van der Waals surface area contributed by atoms with Crippen molar-refractivity contribution in [2.75, 3.05) is 31.1 Å². The summed E-state index contributed by atoms with van der Waals surface area (Å²) in [6, 6.07) is 4.31. The topological polar surface area (TPSA) is 54.3 Å². The Labute approximate surface area is 150 Å². The van der Waals surface area contributed by atoms with Crippen molar-refractivity contribution < 1.29 is 4.79 Å². The van der Waals surface area contributed by atoms with Crippen molar-refractivity contribution in [1.82, 2.24) is 19.4 Å². The van der Waals surface area contributed by atoms with E-state index in [4.69, 9.17) is 4.98 Å². The highest BCUT2D eigenvalue weighted by Crippen LogP contribution is 2.32. The van der Waals surface area contributed by atoms with Gasteiger partial charge in [0.15, 0.2) is 11.0 Å². The van der Waals surface area contributed by atoms with E-state index < -0.39 is 0 Å². The molecule has 0 unspecified atom stereocenters. The summed E-state index contributed by atoms with van der Waals surface area (Å²) in [6.07, 6.45) is 3.46. The quantitative estimate of drug-likeness (QED) is 0.709. The van der Waals surface area contributed by atoms with Crippen LogP contribution in [0.15, 0.2) is 24.5 Å². The lowest BCUT2D eigenvalue weighted by atomic mass is 10.1. The number of amides is 1. The lowest BCUT2D eigenvalue weighted by Crippen LogP contribution is -2.49. The highest BCUT2D eigenvalue weighted by Gasteiger charge is 2.26. The molecule has 7 heteroatoms. The largest absolute Gasteiger partial charge is 0.345 e. The summed E-state index contributed by atoms with van der Waals surface area (Å²) in [4.78, 5) is 25.7. The Morgan fingerprint density at radius 2 is 1.92 bits per heavy atom. The number of aryl methyl sites for hydroxylation is 3. The zero-order valence-electron chi connectivity index (χ0n) is 14.7. The molecule has 130 valence electrons. The monoisotopic (exact) mass is 355 g/mol. The van der Waals surface area contributed by atoms with Gasteiger partial charge in [0.25, 0.3) is 5.91 Å². The van der Waals surface area contributed by atoms with Crippen LogP contribution < -0.4 is 4.90 Å². The molecule has 1 aliphatic heterocycles. The van der Waals surface area contributed by atoms with Crippen molar-refractivity contribution >= 4 is 32.6 Å². The minimum Gasteiger partial charge on any atom is -0.345 e. The minimum absolute atomic E-state index is 0.00270. The first-order valence-electron chi connectivity index (χ1n) is 8.43. The fourth-order valence-electron chi connectivity index (χ4n) is 3.16. The molecule has 0 spiro atoms. The van der Waals surface area contributed by atoms with Crippen LogP contribution in [0.4, 0.5) is 5.13 Å². The molecule has 0 radical (unpaired) electrons. The zero-order chi connectivity index (χ0) is 17.6. The van der Waals surface area contributed by atoms with Crippen molar-refractivity contribution in [3.05, 3.63) is 41.5 Å². The van der Waals surface area contributed by atoms with E-state index in [1.807, 2.05) is 11.9 Å². The summed E-state index contributed by atoms with van der Waals surface area (Å²) in [5.74, 6) is 0.502. The fraction of sp³-hybridized carbons (Fsp3) is 0.389. The number of piperazine rings is 1. The van der Waals surface area contributed by atoms with Crippen LogP contribution in [0.25, 0.3) is 10.2 Å². The number of benzene rings is 1. The van der Waals surface area contributed by atoms with Crippen LogP contribution in [0.5, 0.6) is 0 Å². The van der Waals surface area contributed by atoms with Gasteiger partial charge in [-0.25, -0.2) is 9.97 Å². The van der Waals surface area contributed by atoms with Gasteiger partial charge in [-0.15, -0.1) is 0 Å². The summed E-state index contributed by atoms with van der Waals surface area (Å²) >= 11 is 1.73. The first-order chi connectivity index (χ1) is 12.0. The number of aromatic nitrogens is 3. The number of anilines is 1. The molecule has 4 rings (SSSR count). The molecule has 0 N–H and O–H groups in total. The number of rotatable bonds is 2. The smallest absolute Gasteiger partial charge is 0.289 e. The second kappa shape index (κ2) is 6.15. The number of nitrogens with zero attached hydrogens (tertiary/aromatic N) is 5. The van der Waals surface area contributed by atoms with Crippen LogP contribution in [-0.2, 0) is 7.05 Å². The Hall–Kier alpha value is -2.41. The van der Waals surface area contributed by atoms with Crippen LogP contribution in [0.1, 0.15) is 21.7 Å². The number of hydrogen-bond acceptors (Lipinski definition) is 5. The third-order valence-corrected chi connectivity index (χ3v) is 6.00. The molecule has 1 aromatic carbocycles. The number of imidazole rings is 1. The first kappa shape index (κ1) is 16.1. The summed E-state index contributed by atoms with van der Waals surface area (Å²) in [5, 5.41) is 1.05. The van der Waals surface area contributed by atoms with Gasteiger partial charge in [-0.05, 0) is 31.0 Å². The molecule has 25 heavy (non-hydrogen) atoms. The first-order valence-corrected chi connectivity index (χ1v) is 9.24. The van der Waals surface area contributed by atoms with Crippen molar-refractivity contribution in [1.29, 1.82) is 0 Å². The van der Waals surface area contributed by atoms with Gasteiger partial charge < -0.3 is 14.4 Å². The normalized spacial score (nSPS) is 15.2. The Morgan fingerprint density at radius 1 is 1.16 bits per heavy atom. The van der Waals surface area contributed by atoms with Crippen LogP contribution >= 0.6 is 11.3 Å². The summed E-state index contributed by atoms with van der Waals surface area (Å²) in [6.45, 7) is 7.24. The lowest BCUT2D eigenvalue weighted by Gasteiger charge is -2.34. The predicted molar refractivity (Wildman–Crippen MR) is 100 cm³/mol. The molecule has 2 aromatic heterocycles. The van der Waals surface area contributed by atoms with Gasteiger partial charge in [0, 0.05) is 45.6 Å². The SMILES string of the molecule is Cc1ccc2sc(N3CCN(C(=O)c4nccn4C)CC3)nc2c1C. The third kappa shape index (κ3) is 2.78. The van der Waals surface area contributed by atoms with Gasteiger partial charge >= 0.3 is 0 Å². The molecule has 0 atom stereocenters. The maximum Gasteiger partial charge on any atom is 0.289 e. The maximum absolute atomic E-state index is 12.6. The van der Waals surface area contributed by atoms with E-state index in [1.54, 1.807) is 28.3 Å². The number of fused-ring (bicyclic) bond motifs is 1. The van der Waals surface area contributed by atoms with Crippen molar-refractivity contribution in [3.63, 3.8) is 0 Å². The molecule has 1 aliphatic rings. The zero-order valence-corrected chi connectivity index (χ0v) is 15.5. The molecule has 3 heterocycles. The number of hydrogen-bond donors (Lipinski definition) is 0. The molecule has 0 bridgehead atoms. The predicted octanol–water partition coefficient (Wildman–Crippen LogP) is 2.61. The van der Waals surface area contributed by atoms with Gasteiger partial charge in [-0.2, -0.15) is 0 Å². The number of carbonyl (C=O) groups is 1. The Morgan fingerprint density at radius 3 is 2.60 bits per heavy atom. The molecule has 0 aliphatic carbocycles. The van der Waals surface area contributed by atoms with Gasteiger partial charge in [0.1, 0.15) is 0 Å². The minimum atomic E-state index is 0.00270. The standard InChI is InChI=1S/C18H21N5OS/c1-12-4-5-14-15(13(12)2)20-18(25-14)23-10-8-22(9-11-23)17(24)16-19-6-7-21(16)3/h4-7H,8-11H2,1-3H3. The second-order valence-corrected chi connectivity index (χ2v) is 7.50. The Bertz CT molecular complexity index is 936. The van der Waals surface area contributed by atoms with Gasteiger partial charge in [0.05, 0.1) is 10.2 Å². The van der Waals surface area contributed by atoms with Crippen molar-refractivity contribution in [2.45, 2.75) is 13.8 Å². The highest BCUT2D eigenvalue weighted by atomic mass is 32.1. The molecule has 1 saturated heterocycles.